The third-order valence-electron chi connectivity index (χ3n) is 5.87. The molecule has 0 unspecified atom stereocenters. The fourth-order valence-corrected chi connectivity index (χ4v) is 4.67. The number of nitrogens with one attached hydrogen (secondary N) is 1. The summed E-state index contributed by atoms with van der Waals surface area (Å²) in [7, 11) is -1.69. The van der Waals surface area contributed by atoms with Crippen LogP contribution >= 0.6 is 10.0 Å². The molecule has 3 aromatic heterocycles. The molecule has 1 amide bonds. The van der Waals surface area contributed by atoms with Gasteiger partial charge in [-0.05, 0) is 50.6 Å². The van der Waals surface area contributed by atoms with Gasteiger partial charge in [-0.3, -0.25) is 14.8 Å². The maximum atomic E-state index is 13.1. The molecule has 0 bridgehead atoms. The predicted octanol–water partition coefficient (Wildman–Crippen LogP) is 4.24. The van der Waals surface area contributed by atoms with E-state index in [0.29, 0.717) is 42.0 Å². The van der Waals surface area contributed by atoms with Gasteiger partial charge in [0.2, 0.25) is 5.88 Å². The molecule has 1 aliphatic rings. The van der Waals surface area contributed by atoms with Gasteiger partial charge in [0, 0.05) is 54.2 Å². The molecular weight excluding hydrogens is 476 g/mol. The number of amides is 1. The predicted molar refractivity (Wildman–Crippen MR) is 142 cm³/mol. The lowest BCUT2D eigenvalue weighted by Crippen LogP contribution is -2.36. The fourth-order valence-electron chi connectivity index (χ4n) is 3.83. The quantitative estimate of drug-likeness (QED) is 0.474. The van der Waals surface area contributed by atoms with E-state index in [1.165, 1.54) is 0 Å². The van der Waals surface area contributed by atoms with Gasteiger partial charge in [-0.25, -0.2) is 4.98 Å². The minimum atomic E-state index is -1.69. The number of hydrogen-bond donors (Lipinski definition) is 1. The zero-order valence-corrected chi connectivity index (χ0v) is 21.8. The fraction of sp³-hybridized carbons (Fsp3) is 0.346. The first-order valence-corrected chi connectivity index (χ1v) is 14.1. The molecule has 0 aromatic carbocycles. The third-order valence-corrected chi connectivity index (χ3v) is 7.59. The monoisotopic (exact) mass is 506 g/mol. The van der Waals surface area contributed by atoms with Crippen LogP contribution in [0, 0.1) is 17.6 Å². The van der Waals surface area contributed by atoms with Gasteiger partial charge in [0.1, 0.15) is 11.1 Å². The van der Waals surface area contributed by atoms with E-state index in [-0.39, 0.29) is 5.91 Å². The standard InChI is InChI=1S/C26H30N6O3S/c1-5-35-26-23(32-8-10-34-11-9-32)13-19(15-30-26)22-12-20(16-29-18(22)2)25(33)31-21-6-7-28-24(14-21)36(3,4)17-27/h6-7,12-16H,5,8-11H2,1-4H3,(H,28,31,33). The minimum absolute atomic E-state index is 0.294. The number of nitriles is 1. The highest BCUT2D eigenvalue weighted by Gasteiger charge is 2.20. The molecule has 1 N–H and O–H groups in total. The van der Waals surface area contributed by atoms with Gasteiger partial charge in [-0.2, -0.15) is 5.26 Å². The number of hydrogen-bond acceptors (Lipinski definition) is 8. The number of ether oxygens (including phenoxy) is 2. The van der Waals surface area contributed by atoms with Crippen molar-refractivity contribution in [3.8, 4) is 22.4 Å². The minimum Gasteiger partial charge on any atom is -0.476 e. The molecule has 10 heteroatoms. The first kappa shape index (κ1) is 25.4. The maximum Gasteiger partial charge on any atom is 0.257 e. The van der Waals surface area contributed by atoms with E-state index < -0.39 is 10.0 Å². The zero-order valence-electron chi connectivity index (χ0n) is 20.9. The van der Waals surface area contributed by atoms with Crippen LogP contribution in [-0.2, 0) is 4.74 Å². The van der Waals surface area contributed by atoms with Gasteiger partial charge in [-0.1, -0.05) is 0 Å². The van der Waals surface area contributed by atoms with Crippen LogP contribution in [0.15, 0.2) is 47.9 Å². The molecular formula is C26H30N6O3S. The lowest BCUT2D eigenvalue weighted by Gasteiger charge is -2.30. The van der Waals surface area contributed by atoms with E-state index >= 15 is 0 Å². The summed E-state index contributed by atoms with van der Waals surface area (Å²) in [6.45, 7) is 7.16. The van der Waals surface area contributed by atoms with Gasteiger partial charge in [0.05, 0.1) is 30.4 Å². The van der Waals surface area contributed by atoms with Crippen molar-refractivity contribution in [2.45, 2.75) is 18.9 Å². The number of aromatic nitrogens is 3. The van der Waals surface area contributed by atoms with E-state index in [0.717, 1.165) is 35.6 Å². The normalized spacial score (nSPS) is 14.1. The number of anilines is 2. The second-order valence-corrected chi connectivity index (χ2v) is 11.9. The van der Waals surface area contributed by atoms with Crippen molar-refractivity contribution in [3.63, 3.8) is 0 Å². The number of nitrogens with zero attached hydrogens (tertiary/aromatic N) is 5. The zero-order chi connectivity index (χ0) is 25.7. The summed E-state index contributed by atoms with van der Waals surface area (Å²) in [5, 5.41) is 15.3. The number of rotatable bonds is 7. The summed E-state index contributed by atoms with van der Waals surface area (Å²) < 4.78 is 11.3. The summed E-state index contributed by atoms with van der Waals surface area (Å²) in [5.74, 6) is 0.288. The summed E-state index contributed by atoms with van der Waals surface area (Å²) >= 11 is 0. The molecule has 0 saturated carbocycles. The Morgan fingerprint density at radius 1 is 1.19 bits per heavy atom. The van der Waals surface area contributed by atoms with Crippen LogP contribution in [-0.4, -0.2) is 66.3 Å². The molecule has 36 heavy (non-hydrogen) atoms. The van der Waals surface area contributed by atoms with Crippen molar-refractivity contribution in [2.24, 2.45) is 0 Å². The second-order valence-electron chi connectivity index (χ2n) is 8.69. The molecule has 1 aliphatic heterocycles. The number of carbonyl (C=O) groups is 1. The third kappa shape index (κ3) is 5.58. The van der Waals surface area contributed by atoms with E-state index in [1.54, 1.807) is 30.7 Å². The van der Waals surface area contributed by atoms with E-state index in [1.807, 2.05) is 38.5 Å². The first-order chi connectivity index (χ1) is 17.3. The maximum absolute atomic E-state index is 13.1. The average molecular weight is 507 g/mol. The van der Waals surface area contributed by atoms with Crippen molar-refractivity contribution in [3.05, 3.63) is 54.1 Å². The lowest BCUT2D eigenvalue weighted by atomic mass is 10.0. The number of aryl methyl sites for hydroxylation is 1. The molecule has 188 valence electrons. The largest absolute Gasteiger partial charge is 0.476 e. The highest BCUT2D eigenvalue weighted by atomic mass is 32.3. The summed E-state index contributed by atoms with van der Waals surface area (Å²) in [4.78, 5) is 28.7. The van der Waals surface area contributed by atoms with Crippen LogP contribution in [0.4, 0.5) is 11.4 Å². The number of morpholine rings is 1. The van der Waals surface area contributed by atoms with Crippen molar-refractivity contribution >= 4 is 27.3 Å². The highest BCUT2D eigenvalue weighted by molar-refractivity contribution is 8.36. The smallest absolute Gasteiger partial charge is 0.257 e. The van der Waals surface area contributed by atoms with E-state index in [4.69, 9.17) is 9.47 Å². The van der Waals surface area contributed by atoms with Crippen LogP contribution in [0.2, 0.25) is 0 Å². The van der Waals surface area contributed by atoms with Crippen LogP contribution in [0.3, 0.4) is 0 Å². The molecule has 0 aliphatic carbocycles. The summed E-state index contributed by atoms with van der Waals surface area (Å²) in [6, 6.07) is 7.33. The van der Waals surface area contributed by atoms with Crippen molar-refractivity contribution in [1.29, 1.82) is 5.26 Å². The van der Waals surface area contributed by atoms with Gasteiger partial charge < -0.3 is 19.7 Å². The average Bonchev–Trinajstić information content (AvgIpc) is 2.90. The van der Waals surface area contributed by atoms with Crippen molar-refractivity contribution < 1.29 is 14.3 Å². The molecule has 4 heterocycles. The van der Waals surface area contributed by atoms with Crippen LogP contribution in [0.5, 0.6) is 5.88 Å². The van der Waals surface area contributed by atoms with Gasteiger partial charge in [-0.15, -0.1) is 10.0 Å². The Labute approximate surface area is 212 Å². The Morgan fingerprint density at radius 2 is 1.97 bits per heavy atom. The van der Waals surface area contributed by atoms with Crippen LogP contribution in [0.1, 0.15) is 23.0 Å². The molecule has 0 spiro atoms. The molecule has 3 aromatic rings. The highest BCUT2D eigenvalue weighted by Crippen LogP contribution is 2.46. The number of thiocyanates is 1. The summed E-state index contributed by atoms with van der Waals surface area (Å²) in [5.41, 5.74) is 4.36. The SMILES string of the molecule is CCOc1ncc(-c2cc(C(=O)Nc3ccnc(S(C)(C)C#N)c3)cnc2C)cc1N1CCOCC1. The summed E-state index contributed by atoms with van der Waals surface area (Å²) in [6.07, 6.45) is 8.66. The van der Waals surface area contributed by atoms with Crippen LogP contribution in [0.25, 0.3) is 11.1 Å². The van der Waals surface area contributed by atoms with Crippen molar-refractivity contribution in [1.82, 2.24) is 15.0 Å². The van der Waals surface area contributed by atoms with Gasteiger partial charge in [0.25, 0.3) is 5.91 Å². The van der Waals surface area contributed by atoms with Gasteiger partial charge in [0.15, 0.2) is 0 Å². The molecule has 0 radical (unpaired) electrons. The Balaban J connectivity index is 1.63. The Morgan fingerprint density at radius 3 is 2.69 bits per heavy atom. The molecule has 4 rings (SSSR count). The van der Waals surface area contributed by atoms with Gasteiger partial charge >= 0.3 is 0 Å². The lowest BCUT2D eigenvalue weighted by molar-refractivity contribution is 0.102. The molecule has 9 nitrogen and oxygen atoms in total. The van der Waals surface area contributed by atoms with Crippen molar-refractivity contribution in [2.75, 3.05) is 55.6 Å². The second kappa shape index (κ2) is 10.9. The van der Waals surface area contributed by atoms with E-state index in [9.17, 15) is 10.1 Å². The molecule has 0 atom stereocenters. The Kier molecular flexibility index (Phi) is 7.72. The van der Waals surface area contributed by atoms with E-state index in [2.05, 4.69) is 30.6 Å². The number of pyridine rings is 3. The molecule has 1 saturated heterocycles. The van der Waals surface area contributed by atoms with Crippen LogP contribution < -0.4 is 15.0 Å². The Hall–Kier alpha value is -3.68. The number of carbonyl (C=O) groups excluding carboxylic acids is 1. The topological polar surface area (TPSA) is 113 Å². The Bertz CT molecular complexity index is 1300. The molecule has 1 fully saturated rings. The first-order valence-electron chi connectivity index (χ1n) is 11.7.